The van der Waals surface area contributed by atoms with E-state index in [0.717, 1.165) is 31.8 Å². The molecule has 0 spiro atoms. The lowest BCUT2D eigenvalue weighted by Crippen LogP contribution is -2.50. The van der Waals surface area contributed by atoms with E-state index in [1.54, 1.807) is 0 Å². The minimum Gasteiger partial charge on any atom is -0.374 e. The van der Waals surface area contributed by atoms with Crippen molar-refractivity contribution in [2.45, 2.75) is 70.9 Å². The molecule has 1 saturated carbocycles. The van der Waals surface area contributed by atoms with Crippen molar-refractivity contribution in [3.63, 3.8) is 0 Å². The molecule has 0 aromatic rings. The smallest absolute Gasteiger partial charge is 0.0827 e. The SMILES string of the molecule is CCOC(CC)(CC)C(N)CC1CCC1. The van der Waals surface area contributed by atoms with Crippen molar-refractivity contribution in [2.75, 3.05) is 6.61 Å². The number of hydrogen-bond acceptors (Lipinski definition) is 2. The second-order valence-electron chi connectivity index (χ2n) is 4.84. The van der Waals surface area contributed by atoms with Crippen LogP contribution >= 0.6 is 0 Å². The van der Waals surface area contributed by atoms with E-state index >= 15 is 0 Å². The summed E-state index contributed by atoms with van der Waals surface area (Å²) in [5, 5.41) is 0. The van der Waals surface area contributed by atoms with Crippen molar-refractivity contribution in [1.82, 2.24) is 0 Å². The lowest BCUT2D eigenvalue weighted by atomic mass is 9.76. The third-order valence-corrected chi connectivity index (χ3v) is 4.12. The van der Waals surface area contributed by atoms with Crippen molar-refractivity contribution >= 4 is 0 Å². The van der Waals surface area contributed by atoms with Crippen LogP contribution in [0.2, 0.25) is 0 Å². The Balaban J connectivity index is 2.51. The van der Waals surface area contributed by atoms with Gasteiger partial charge in [0.1, 0.15) is 0 Å². The largest absolute Gasteiger partial charge is 0.374 e. The van der Waals surface area contributed by atoms with Crippen LogP contribution in [0.25, 0.3) is 0 Å². The van der Waals surface area contributed by atoms with Gasteiger partial charge in [-0.2, -0.15) is 0 Å². The second-order valence-corrected chi connectivity index (χ2v) is 4.84. The molecule has 1 fully saturated rings. The molecule has 1 rings (SSSR count). The fraction of sp³-hybridized carbons (Fsp3) is 1.00. The summed E-state index contributed by atoms with van der Waals surface area (Å²) >= 11 is 0. The first-order chi connectivity index (χ1) is 7.18. The van der Waals surface area contributed by atoms with Crippen molar-refractivity contribution in [3.8, 4) is 0 Å². The molecule has 0 bridgehead atoms. The van der Waals surface area contributed by atoms with Crippen LogP contribution in [0, 0.1) is 5.92 Å². The summed E-state index contributed by atoms with van der Waals surface area (Å²) in [5.74, 6) is 0.873. The summed E-state index contributed by atoms with van der Waals surface area (Å²) in [6.45, 7) is 7.23. The average molecular weight is 213 g/mol. The third-order valence-electron chi connectivity index (χ3n) is 4.12. The number of nitrogens with two attached hydrogens (primary N) is 1. The molecule has 0 radical (unpaired) electrons. The van der Waals surface area contributed by atoms with Crippen LogP contribution in [-0.2, 0) is 4.74 Å². The lowest BCUT2D eigenvalue weighted by Gasteiger charge is -2.40. The number of ether oxygens (including phenoxy) is 1. The molecule has 1 unspecified atom stereocenters. The molecular formula is C13H27NO. The van der Waals surface area contributed by atoms with Gasteiger partial charge >= 0.3 is 0 Å². The molecule has 0 aromatic heterocycles. The van der Waals surface area contributed by atoms with Gasteiger partial charge in [-0.15, -0.1) is 0 Å². The highest BCUT2D eigenvalue weighted by atomic mass is 16.5. The highest BCUT2D eigenvalue weighted by Gasteiger charge is 2.36. The Morgan fingerprint density at radius 1 is 1.27 bits per heavy atom. The van der Waals surface area contributed by atoms with E-state index in [9.17, 15) is 0 Å². The van der Waals surface area contributed by atoms with Gasteiger partial charge in [-0.3, -0.25) is 0 Å². The standard InChI is InChI=1S/C13H27NO/c1-4-13(5-2,15-6-3)12(14)10-11-8-7-9-11/h11-12H,4-10,14H2,1-3H3. The monoisotopic (exact) mass is 213 g/mol. The normalized spacial score (nSPS) is 20.0. The highest BCUT2D eigenvalue weighted by molar-refractivity contribution is 4.91. The van der Waals surface area contributed by atoms with E-state index in [4.69, 9.17) is 10.5 Å². The van der Waals surface area contributed by atoms with Gasteiger partial charge < -0.3 is 10.5 Å². The molecule has 0 aliphatic heterocycles. The zero-order chi connectivity index (χ0) is 11.3. The minimum absolute atomic E-state index is 0.0651. The van der Waals surface area contributed by atoms with Gasteiger partial charge in [-0.1, -0.05) is 33.1 Å². The van der Waals surface area contributed by atoms with Crippen LogP contribution in [0.3, 0.4) is 0 Å². The quantitative estimate of drug-likeness (QED) is 0.705. The molecule has 2 nitrogen and oxygen atoms in total. The number of hydrogen-bond donors (Lipinski definition) is 1. The predicted octanol–water partition coefficient (Wildman–Crippen LogP) is 3.10. The Hall–Kier alpha value is -0.0800. The fourth-order valence-electron chi connectivity index (χ4n) is 2.68. The van der Waals surface area contributed by atoms with Crippen molar-refractivity contribution in [2.24, 2.45) is 11.7 Å². The molecule has 2 heteroatoms. The van der Waals surface area contributed by atoms with Gasteiger partial charge in [0, 0.05) is 12.6 Å². The fourth-order valence-corrected chi connectivity index (χ4v) is 2.68. The summed E-state index contributed by atoms with van der Waals surface area (Å²) in [6.07, 6.45) is 7.38. The van der Waals surface area contributed by atoms with Crippen LogP contribution in [0.15, 0.2) is 0 Å². The van der Waals surface area contributed by atoms with E-state index in [1.165, 1.54) is 19.3 Å². The molecule has 1 aliphatic carbocycles. The first-order valence-electron chi connectivity index (χ1n) is 6.58. The maximum atomic E-state index is 6.35. The number of rotatable bonds is 7. The van der Waals surface area contributed by atoms with Gasteiger partial charge in [0.2, 0.25) is 0 Å². The Morgan fingerprint density at radius 2 is 1.87 bits per heavy atom. The van der Waals surface area contributed by atoms with Gasteiger partial charge in [-0.25, -0.2) is 0 Å². The summed E-state index contributed by atoms with van der Waals surface area (Å²) < 4.78 is 5.93. The van der Waals surface area contributed by atoms with Gasteiger partial charge in [0.15, 0.2) is 0 Å². The van der Waals surface area contributed by atoms with Gasteiger partial charge in [0.25, 0.3) is 0 Å². The second kappa shape index (κ2) is 5.86. The van der Waals surface area contributed by atoms with Gasteiger partial charge in [0.05, 0.1) is 5.60 Å². The average Bonchev–Trinajstić information content (AvgIpc) is 2.20. The minimum atomic E-state index is -0.0651. The van der Waals surface area contributed by atoms with Crippen LogP contribution in [0.1, 0.15) is 59.3 Å². The highest BCUT2D eigenvalue weighted by Crippen LogP contribution is 2.35. The Morgan fingerprint density at radius 3 is 2.20 bits per heavy atom. The van der Waals surface area contributed by atoms with Crippen LogP contribution in [0.5, 0.6) is 0 Å². The van der Waals surface area contributed by atoms with E-state index in [-0.39, 0.29) is 11.6 Å². The molecule has 2 N–H and O–H groups in total. The summed E-state index contributed by atoms with van der Waals surface area (Å²) in [5.41, 5.74) is 6.28. The van der Waals surface area contributed by atoms with E-state index < -0.39 is 0 Å². The molecule has 0 saturated heterocycles. The molecule has 90 valence electrons. The molecule has 0 aromatic carbocycles. The van der Waals surface area contributed by atoms with E-state index in [0.29, 0.717) is 0 Å². The van der Waals surface area contributed by atoms with Gasteiger partial charge in [-0.05, 0) is 32.1 Å². The maximum absolute atomic E-state index is 6.35. The molecule has 1 atom stereocenters. The Bertz CT molecular complexity index is 173. The predicted molar refractivity (Wildman–Crippen MR) is 64.9 cm³/mol. The molecule has 0 heterocycles. The summed E-state index contributed by atoms with van der Waals surface area (Å²) in [4.78, 5) is 0. The maximum Gasteiger partial charge on any atom is 0.0827 e. The Labute approximate surface area is 94.6 Å². The summed E-state index contributed by atoms with van der Waals surface area (Å²) in [7, 11) is 0. The van der Waals surface area contributed by atoms with Crippen LogP contribution < -0.4 is 5.73 Å². The van der Waals surface area contributed by atoms with Crippen molar-refractivity contribution in [1.29, 1.82) is 0 Å². The van der Waals surface area contributed by atoms with Crippen LogP contribution in [-0.4, -0.2) is 18.2 Å². The summed E-state index contributed by atoms with van der Waals surface area (Å²) in [6, 6.07) is 0.220. The molecule has 1 aliphatic rings. The third kappa shape index (κ3) is 2.94. The van der Waals surface area contributed by atoms with Crippen molar-refractivity contribution in [3.05, 3.63) is 0 Å². The van der Waals surface area contributed by atoms with E-state index in [1.807, 2.05) is 0 Å². The molecule has 0 amide bonds. The zero-order valence-corrected chi connectivity index (χ0v) is 10.6. The topological polar surface area (TPSA) is 35.2 Å². The first-order valence-corrected chi connectivity index (χ1v) is 6.58. The Kier molecular flexibility index (Phi) is 5.07. The first kappa shape index (κ1) is 13.0. The van der Waals surface area contributed by atoms with Crippen LogP contribution in [0.4, 0.5) is 0 Å². The van der Waals surface area contributed by atoms with Crippen molar-refractivity contribution < 1.29 is 4.74 Å². The zero-order valence-electron chi connectivity index (χ0n) is 10.6. The molecular weight excluding hydrogens is 186 g/mol. The van der Waals surface area contributed by atoms with E-state index in [2.05, 4.69) is 20.8 Å². The molecule has 15 heavy (non-hydrogen) atoms. The lowest BCUT2D eigenvalue weighted by molar-refractivity contribution is -0.0698.